The molecule has 0 saturated carbocycles. The van der Waals surface area contributed by atoms with Crippen molar-refractivity contribution in [2.75, 3.05) is 39.5 Å². The number of aromatic nitrogens is 5. The van der Waals surface area contributed by atoms with Gasteiger partial charge in [0.15, 0.2) is 17.5 Å². The zero-order chi connectivity index (χ0) is 26.2. The predicted octanol–water partition coefficient (Wildman–Crippen LogP) is 3.07. The Morgan fingerprint density at radius 3 is 2.87 bits per heavy atom. The van der Waals surface area contributed by atoms with Gasteiger partial charge in [-0.3, -0.25) is 9.69 Å². The van der Waals surface area contributed by atoms with Gasteiger partial charge in [0, 0.05) is 44.4 Å². The molecule has 0 aliphatic carbocycles. The van der Waals surface area contributed by atoms with Crippen molar-refractivity contribution in [1.29, 1.82) is 0 Å². The molecule has 38 heavy (non-hydrogen) atoms. The van der Waals surface area contributed by atoms with Crippen LogP contribution in [-0.4, -0.2) is 79.7 Å². The molecule has 198 valence electrons. The molecule has 1 atom stereocenters. The Labute approximate surface area is 227 Å². The minimum Gasteiger partial charge on any atom is -0.481 e. The molecule has 13 heteroatoms. The van der Waals surface area contributed by atoms with Crippen LogP contribution in [0.25, 0.3) is 4.96 Å². The highest BCUT2D eigenvalue weighted by molar-refractivity contribution is 7.16. The number of hydrogen-bond acceptors (Lipinski definition) is 9. The highest BCUT2D eigenvalue weighted by Gasteiger charge is 2.38. The summed E-state index contributed by atoms with van der Waals surface area (Å²) in [6.07, 6.45) is 1.90. The molecule has 1 fully saturated rings. The first kappa shape index (κ1) is 25.1. The normalized spacial score (nSPS) is 18.1. The fourth-order valence-corrected chi connectivity index (χ4v) is 5.91. The Morgan fingerprint density at radius 2 is 2.08 bits per heavy atom. The molecule has 4 aromatic rings. The van der Waals surface area contributed by atoms with Crippen molar-refractivity contribution >= 4 is 33.8 Å². The van der Waals surface area contributed by atoms with Gasteiger partial charge < -0.3 is 14.4 Å². The number of hydrogen-bond donors (Lipinski definition) is 0. The molecule has 1 unspecified atom stereocenters. The van der Waals surface area contributed by atoms with Crippen LogP contribution in [0.3, 0.4) is 0 Å². The van der Waals surface area contributed by atoms with Crippen LogP contribution in [-0.2, 0) is 22.5 Å². The Balaban J connectivity index is 1.23. The lowest BCUT2D eigenvalue weighted by Crippen LogP contribution is -2.43. The fourth-order valence-electron chi connectivity index (χ4n) is 4.91. The van der Waals surface area contributed by atoms with Crippen molar-refractivity contribution in [2.45, 2.75) is 25.9 Å². The van der Waals surface area contributed by atoms with Crippen LogP contribution in [0.4, 0.5) is 4.39 Å². The maximum Gasteiger partial charge on any atom is 0.261 e. The van der Waals surface area contributed by atoms with E-state index in [4.69, 9.17) is 26.1 Å². The second-order valence-corrected chi connectivity index (χ2v) is 10.7. The monoisotopic (exact) mass is 557 g/mol. The summed E-state index contributed by atoms with van der Waals surface area (Å²) >= 11 is 7.85. The maximum absolute atomic E-state index is 15.0. The Kier molecular flexibility index (Phi) is 6.95. The Hall–Kier alpha value is -3.19. The summed E-state index contributed by atoms with van der Waals surface area (Å²) in [7, 11) is 0. The number of rotatable bonds is 6. The molecule has 1 amide bonds. The average Bonchev–Trinajstić information content (AvgIpc) is 3.44. The number of halogens is 2. The molecule has 6 heterocycles. The SMILES string of the molecule is Cc1nn2c3c(nc2s1)CCN(C(=O)COc1ccc(CN2CCOCC2)nc1Cl)C3c1cccnc1F. The van der Waals surface area contributed by atoms with Crippen LogP contribution in [0.1, 0.15) is 33.7 Å². The molecular formula is C25H25ClFN7O3S. The molecule has 0 aromatic carbocycles. The minimum atomic E-state index is -0.746. The van der Waals surface area contributed by atoms with E-state index in [-0.39, 0.29) is 23.2 Å². The van der Waals surface area contributed by atoms with Crippen molar-refractivity contribution in [1.82, 2.24) is 34.4 Å². The van der Waals surface area contributed by atoms with E-state index in [1.54, 1.807) is 27.6 Å². The van der Waals surface area contributed by atoms with Gasteiger partial charge in [-0.2, -0.15) is 9.49 Å². The number of pyridine rings is 2. The molecule has 4 aromatic heterocycles. The lowest BCUT2D eigenvalue weighted by molar-refractivity contribution is -0.135. The lowest BCUT2D eigenvalue weighted by Gasteiger charge is -2.35. The number of imidazole rings is 1. The van der Waals surface area contributed by atoms with Gasteiger partial charge >= 0.3 is 0 Å². The average molecular weight is 558 g/mol. The van der Waals surface area contributed by atoms with E-state index < -0.39 is 12.0 Å². The lowest BCUT2D eigenvalue weighted by atomic mass is 9.96. The molecule has 6 rings (SSSR count). The van der Waals surface area contributed by atoms with E-state index in [0.717, 1.165) is 29.5 Å². The van der Waals surface area contributed by atoms with Crippen molar-refractivity contribution in [2.24, 2.45) is 0 Å². The third-order valence-electron chi connectivity index (χ3n) is 6.69. The molecule has 0 bridgehead atoms. The second-order valence-electron chi connectivity index (χ2n) is 9.15. The van der Waals surface area contributed by atoms with Gasteiger partial charge in [-0.25, -0.2) is 19.5 Å². The van der Waals surface area contributed by atoms with Gasteiger partial charge in [-0.15, -0.1) is 0 Å². The number of amides is 1. The molecule has 0 N–H and O–H groups in total. The summed E-state index contributed by atoms with van der Waals surface area (Å²) in [5.74, 6) is -0.650. The third kappa shape index (κ3) is 4.84. The fraction of sp³-hybridized carbons (Fsp3) is 0.400. The molecule has 2 aliphatic rings. The van der Waals surface area contributed by atoms with Gasteiger partial charge in [0.25, 0.3) is 5.91 Å². The Bertz CT molecular complexity index is 1490. The highest BCUT2D eigenvalue weighted by atomic mass is 35.5. The summed E-state index contributed by atoms with van der Waals surface area (Å²) in [6, 6.07) is 6.11. The zero-order valence-electron chi connectivity index (χ0n) is 20.6. The number of carbonyl (C=O) groups is 1. The third-order valence-corrected chi connectivity index (χ3v) is 7.79. The number of carbonyl (C=O) groups excluding carboxylic acids is 1. The molecule has 0 radical (unpaired) electrons. The van der Waals surface area contributed by atoms with Gasteiger partial charge in [-0.05, 0) is 25.1 Å². The number of aryl methyl sites for hydroxylation is 1. The standard InChI is InChI=1S/C25H25ClFN7O3S/c1-15-31-34-22-18(30-25(34)38-15)6-8-33(21(22)17-3-2-7-28-24(17)27)20(35)14-37-19-5-4-16(29-23(19)26)13-32-9-11-36-12-10-32/h2-5,7,21H,6,8-14H2,1H3. The largest absolute Gasteiger partial charge is 0.481 e. The molecule has 2 aliphatic heterocycles. The van der Waals surface area contributed by atoms with Crippen molar-refractivity contribution in [3.05, 3.63) is 69.2 Å². The van der Waals surface area contributed by atoms with Gasteiger partial charge in [-0.1, -0.05) is 29.0 Å². The van der Waals surface area contributed by atoms with Crippen molar-refractivity contribution in [3.8, 4) is 5.75 Å². The first-order chi connectivity index (χ1) is 18.5. The number of nitrogens with zero attached hydrogens (tertiary/aromatic N) is 7. The van der Waals surface area contributed by atoms with Gasteiger partial charge in [0.05, 0.1) is 30.3 Å². The number of ether oxygens (including phenoxy) is 2. The maximum atomic E-state index is 15.0. The van der Waals surface area contributed by atoms with Crippen LogP contribution in [0, 0.1) is 12.9 Å². The number of morpholine rings is 1. The van der Waals surface area contributed by atoms with Gasteiger partial charge in [0.2, 0.25) is 10.9 Å². The summed E-state index contributed by atoms with van der Waals surface area (Å²) in [4.78, 5) is 31.0. The zero-order valence-corrected chi connectivity index (χ0v) is 22.2. The van der Waals surface area contributed by atoms with Crippen molar-refractivity contribution in [3.63, 3.8) is 0 Å². The van der Waals surface area contributed by atoms with Gasteiger partial charge in [0.1, 0.15) is 11.0 Å². The number of fused-ring (bicyclic) bond motifs is 3. The van der Waals surface area contributed by atoms with E-state index >= 15 is 0 Å². The smallest absolute Gasteiger partial charge is 0.261 e. The van der Waals surface area contributed by atoms with Crippen LogP contribution in [0.5, 0.6) is 5.75 Å². The summed E-state index contributed by atoms with van der Waals surface area (Å²) in [5.41, 5.74) is 2.56. The first-order valence-electron chi connectivity index (χ1n) is 12.3. The molecule has 10 nitrogen and oxygen atoms in total. The summed E-state index contributed by atoms with van der Waals surface area (Å²) in [6.45, 7) is 5.69. The van der Waals surface area contributed by atoms with E-state index in [9.17, 15) is 9.18 Å². The van der Waals surface area contributed by atoms with Crippen LogP contribution >= 0.6 is 22.9 Å². The second kappa shape index (κ2) is 10.5. The summed E-state index contributed by atoms with van der Waals surface area (Å²) < 4.78 is 27.9. The Morgan fingerprint density at radius 1 is 1.24 bits per heavy atom. The van der Waals surface area contributed by atoms with Crippen LogP contribution in [0.15, 0.2) is 30.5 Å². The molecular weight excluding hydrogens is 533 g/mol. The van der Waals surface area contributed by atoms with Crippen LogP contribution < -0.4 is 4.74 Å². The molecule has 0 spiro atoms. The summed E-state index contributed by atoms with van der Waals surface area (Å²) in [5, 5.41) is 5.58. The van der Waals surface area contributed by atoms with E-state index in [2.05, 4.69) is 20.0 Å². The highest BCUT2D eigenvalue weighted by Crippen LogP contribution is 2.37. The van der Waals surface area contributed by atoms with E-state index in [0.29, 0.717) is 49.1 Å². The quantitative estimate of drug-likeness (QED) is 0.334. The minimum absolute atomic E-state index is 0.190. The first-order valence-corrected chi connectivity index (χ1v) is 13.5. The predicted molar refractivity (Wildman–Crippen MR) is 138 cm³/mol. The van der Waals surface area contributed by atoms with E-state index in [1.807, 2.05) is 13.0 Å². The molecule has 1 saturated heterocycles. The van der Waals surface area contributed by atoms with Crippen molar-refractivity contribution < 1.29 is 18.7 Å². The topological polar surface area (TPSA) is 98.0 Å². The van der Waals surface area contributed by atoms with E-state index in [1.165, 1.54) is 17.5 Å². The van der Waals surface area contributed by atoms with Crippen LogP contribution in [0.2, 0.25) is 5.15 Å².